The van der Waals surface area contributed by atoms with Crippen LogP contribution >= 0.6 is 0 Å². The van der Waals surface area contributed by atoms with Gasteiger partial charge in [-0.3, -0.25) is 5.41 Å². The average Bonchev–Trinajstić information content (AvgIpc) is 2.87. The van der Waals surface area contributed by atoms with E-state index in [9.17, 15) is 0 Å². The minimum Gasteiger partial charge on any atom is -0.349 e. The van der Waals surface area contributed by atoms with Crippen molar-refractivity contribution < 1.29 is 0 Å². The van der Waals surface area contributed by atoms with Gasteiger partial charge in [-0.1, -0.05) is 114 Å². The minimum atomic E-state index is 0.601. The number of nitrogens with zero attached hydrogens (tertiary/aromatic N) is 2. The summed E-state index contributed by atoms with van der Waals surface area (Å²) in [7, 11) is 3.84. The van der Waals surface area contributed by atoms with Crippen molar-refractivity contribution in [3.63, 3.8) is 0 Å². The Morgan fingerprint density at radius 1 is 0.677 bits per heavy atom. The fraction of sp³-hybridized carbons (Fsp3) is 0.393. The normalized spacial score (nSPS) is 10.9. The number of nitrogens with one attached hydrogen (secondary N) is 1. The first-order valence-electron chi connectivity index (χ1n) is 11.7. The van der Waals surface area contributed by atoms with Crippen molar-refractivity contribution >= 4 is 16.7 Å². The summed E-state index contributed by atoms with van der Waals surface area (Å²) in [6.07, 6.45) is 1.05. The Bertz CT molecular complexity index is 790. The predicted molar refractivity (Wildman–Crippen MR) is 140 cm³/mol. The lowest BCUT2D eigenvalue weighted by molar-refractivity contribution is 0.342. The first-order valence-corrected chi connectivity index (χ1v) is 11.7. The van der Waals surface area contributed by atoms with Gasteiger partial charge in [-0.05, 0) is 28.3 Å². The van der Waals surface area contributed by atoms with Crippen LogP contribution in [0, 0.1) is 5.41 Å². The van der Waals surface area contributed by atoms with Crippen molar-refractivity contribution in [3.8, 4) is 0 Å². The highest BCUT2D eigenvalue weighted by Gasteiger charge is 2.18. The van der Waals surface area contributed by atoms with Gasteiger partial charge in [-0.25, -0.2) is 0 Å². The summed E-state index contributed by atoms with van der Waals surface area (Å²) in [5.41, 5.74) is 2.79. The van der Waals surface area contributed by atoms with Crippen LogP contribution in [0.25, 0.3) is 10.8 Å². The summed E-state index contributed by atoms with van der Waals surface area (Å²) in [4.78, 5) is 3.97. The van der Waals surface area contributed by atoms with Gasteiger partial charge in [0.25, 0.3) is 0 Å². The van der Waals surface area contributed by atoms with Crippen molar-refractivity contribution in [1.82, 2.24) is 9.80 Å². The summed E-state index contributed by atoms with van der Waals surface area (Å²) in [5.74, 6) is 0.601. The zero-order chi connectivity index (χ0) is 23.6. The van der Waals surface area contributed by atoms with Crippen molar-refractivity contribution in [2.75, 3.05) is 20.6 Å². The second kappa shape index (κ2) is 16.9. The molecule has 0 aromatic heterocycles. The lowest BCUT2D eigenvalue weighted by Crippen LogP contribution is -2.42. The number of rotatable bonds is 0. The Morgan fingerprint density at radius 3 is 1.48 bits per heavy atom. The third-order valence-corrected chi connectivity index (χ3v) is 4.51. The van der Waals surface area contributed by atoms with Gasteiger partial charge in [0, 0.05) is 27.2 Å². The fourth-order valence-corrected chi connectivity index (χ4v) is 3.09. The molecule has 0 spiro atoms. The molecule has 1 heterocycles. The van der Waals surface area contributed by atoms with Gasteiger partial charge in [-0.15, -0.1) is 0 Å². The molecule has 0 radical (unpaired) electrons. The zero-order valence-electron chi connectivity index (χ0n) is 20.9. The van der Waals surface area contributed by atoms with Gasteiger partial charge < -0.3 is 9.80 Å². The molecule has 1 aliphatic rings. The number of benzene rings is 3. The van der Waals surface area contributed by atoms with E-state index >= 15 is 0 Å². The van der Waals surface area contributed by atoms with Crippen molar-refractivity contribution in [2.45, 2.75) is 54.5 Å². The van der Waals surface area contributed by atoms with Gasteiger partial charge in [-0.2, -0.15) is 0 Å². The topological polar surface area (TPSA) is 30.3 Å². The number of guanidine groups is 1. The molecule has 170 valence electrons. The number of hydrogen-bond acceptors (Lipinski definition) is 1. The van der Waals surface area contributed by atoms with Gasteiger partial charge in [0.05, 0.1) is 0 Å². The maximum atomic E-state index is 7.93. The molecule has 0 fully saturated rings. The van der Waals surface area contributed by atoms with Crippen LogP contribution < -0.4 is 0 Å². The van der Waals surface area contributed by atoms with Crippen molar-refractivity contribution in [2.24, 2.45) is 0 Å². The van der Waals surface area contributed by atoms with Crippen LogP contribution in [0.15, 0.2) is 72.8 Å². The smallest absolute Gasteiger partial charge is 0.193 e. The Kier molecular flexibility index (Phi) is 15.4. The van der Waals surface area contributed by atoms with Gasteiger partial charge >= 0.3 is 0 Å². The molecular weight excluding hydrogens is 378 g/mol. The van der Waals surface area contributed by atoms with E-state index in [2.05, 4.69) is 77.7 Å². The van der Waals surface area contributed by atoms with Gasteiger partial charge in [0.2, 0.25) is 0 Å². The number of fused-ring (bicyclic) bond motifs is 2. The SMILES string of the molecule is CC.CC.CC.CN(C)C(=N)N1CCc2ccccc2C1.c1ccc2ccccc2c1. The summed E-state index contributed by atoms with van der Waals surface area (Å²) < 4.78 is 0. The second-order valence-corrected chi connectivity index (χ2v) is 6.51. The lowest BCUT2D eigenvalue weighted by atomic mass is 10.0. The van der Waals surface area contributed by atoms with Crippen LogP contribution in [0.5, 0.6) is 0 Å². The molecule has 1 N–H and O–H groups in total. The predicted octanol–water partition coefficient (Wildman–Crippen LogP) is 7.46. The molecule has 0 amide bonds. The molecule has 0 bridgehead atoms. The Hall–Kier alpha value is -2.81. The molecule has 3 aromatic carbocycles. The molecule has 0 saturated heterocycles. The van der Waals surface area contributed by atoms with Crippen LogP contribution in [-0.2, 0) is 13.0 Å². The van der Waals surface area contributed by atoms with Gasteiger partial charge in [0.1, 0.15) is 0 Å². The van der Waals surface area contributed by atoms with Crippen LogP contribution in [-0.4, -0.2) is 36.4 Å². The fourth-order valence-electron chi connectivity index (χ4n) is 3.09. The molecule has 0 saturated carbocycles. The van der Waals surface area contributed by atoms with E-state index < -0.39 is 0 Å². The Labute approximate surface area is 191 Å². The Morgan fingerprint density at radius 2 is 1.06 bits per heavy atom. The molecule has 3 aromatic rings. The Balaban J connectivity index is 0.000000488. The molecule has 0 unspecified atom stereocenters. The summed E-state index contributed by atoms with van der Waals surface area (Å²) in [5, 5.41) is 10.6. The minimum absolute atomic E-state index is 0.601. The lowest BCUT2D eigenvalue weighted by Gasteiger charge is -2.33. The molecule has 0 atom stereocenters. The van der Waals surface area contributed by atoms with Crippen molar-refractivity contribution in [1.29, 1.82) is 5.41 Å². The van der Waals surface area contributed by atoms with E-state index in [0.717, 1.165) is 19.5 Å². The molecule has 31 heavy (non-hydrogen) atoms. The van der Waals surface area contributed by atoms with E-state index in [1.807, 2.05) is 60.5 Å². The van der Waals surface area contributed by atoms with E-state index in [1.54, 1.807) is 0 Å². The number of hydrogen-bond donors (Lipinski definition) is 1. The van der Waals surface area contributed by atoms with Gasteiger partial charge in [0.15, 0.2) is 5.96 Å². The summed E-state index contributed by atoms with van der Waals surface area (Å²) in [6, 6.07) is 25.2. The maximum absolute atomic E-state index is 7.93. The molecule has 4 rings (SSSR count). The summed E-state index contributed by atoms with van der Waals surface area (Å²) >= 11 is 0. The van der Waals surface area contributed by atoms with E-state index in [0.29, 0.717) is 5.96 Å². The molecule has 3 heteroatoms. The first-order chi connectivity index (χ1) is 15.1. The second-order valence-electron chi connectivity index (χ2n) is 6.51. The van der Waals surface area contributed by atoms with E-state index in [1.165, 1.54) is 21.9 Å². The first kappa shape index (κ1) is 28.2. The van der Waals surface area contributed by atoms with Crippen LogP contribution in [0.4, 0.5) is 0 Å². The summed E-state index contributed by atoms with van der Waals surface area (Å²) in [6.45, 7) is 13.8. The van der Waals surface area contributed by atoms with E-state index in [4.69, 9.17) is 5.41 Å². The quantitative estimate of drug-likeness (QED) is 0.301. The molecule has 0 aliphatic carbocycles. The maximum Gasteiger partial charge on any atom is 0.193 e. The zero-order valence-corrected chi connectivity index (χ0v) is 20.9. The van der Waals surface area contributed by atoms with Crippen LogP contribution in [0.1, 0.15) is 52.7 Å². The standard InChI is InChI=1S/C12H17N3.C10H8.3C2H6/c1-14(2)12(13)15-8-7-10-5-3-4-6-11(10)9-15;1-2-6-10-8-4-3-7-9(10)5-1;3*1-2/h3-6,13H,7-9H2,1-2H3;1-8H;3*1-2H3. The highest BCUT2D eigenvalue weighted by Crippen LogP contribution is 2.18. The van der Waals surface area contributed by atoms with E-state index in [-0.39, 0.29) is 0 Å². The molecule has 1 aliphatic heterocycles. The third-order valence-electron chi connectivity index (χ3n) is 4.51. The molecule has 3 nitrogen and oxygen atoms in total. The highest BCUT2D eigenvalue weighted by molar-refractivity contribution is 5.82. The van der Waals surface area contributed by atoms with Crippen LogP contribution in [0.2, 0.25) is 0 Å². The average molecular weight is 422 g/mol. The molecular formula is C28H43N3. The highest BCUT2D eigenvalue weighted by atomic mass is 15.3. The largest absolute Gasteiger partial charge is 0.349 e. The van der Waals surface area contributed by atoms with Crippen molar-refractivity contribution in [3.05, 3.63) is 83.9 Å². The monoisotopic (exact) mass is 421 g/mol. The third kappa shape index (κ3) is 9.25. The van der Waals surface area contributed by atoms with Crippen LogP contribution in [0.3, 0.4) is 0 Å².